The quantitative estimate of drug-likeness (QED) is 0.800. The second-order valence-electron chi connectivity index (χ2n) is 4.62. The Morgan fingerprint density at radius 2 is 2.19 bits per heavy atom. The van der Waals surface area contributed by atoms with Crippen LogP contribution in [0.1, 0.15) is 37.1 Å². The molecule has 0 aliphatic heterocycles. The van der Waals surface area contributed by atoms with E-state index in [9.17, 15) is 4.79 Å². The molecule has 1 amide bonds. The van der Waals surface area contributed by atoms with Gasteiger partial charge in [0, 0.05) is 25.0 Å². The zero-order valence-electron chi connectivity index (χ0n) is 10.0. The van der Waals surface area contributed by atoms with Gasteiger partial charge in [0.1, 0.15) is 5.76 Å². The summed E-state index contributed by atoms with van der Waals surface area (Å²) in [5.74, 6) is 0.887. The third-order valence-corrected chi connectivity index (χ3v) is 2.39. The van der Waals surface area contributed by atoms with Crippen molar-refractivity contribution < 1.29 is 14.3 Å². The molecular formula is C12H19NO3. The van der Waals surface area contributed by atoms with Gasteiger partial charge < -0.3 is 14.8 Å². The topological polar surface area (TPSA) is 62.5 Å². The Labute approximate surface area is 95.7 Å². The summed E-state index contributed by atoms with van der Waals surface area (Å²) in [5, 5.41) is 11.8. The van der Waals surface area contributed by atoms with Gasteiger partial charge in [-0.3, -0.25) is 4.79 Å². The zero-order valence-corrected chi connectivity index (χ0v) is 10.0. The summed E-state index contributed by atoms with van der Waals surface area (Å²) in [6.45, 7) is 6.19. The molecule has 0 saturated carbocycles. The van der Waals surface area contributed by atoms with E-state index < -0.39 is 0 Å². The Morgan fingerprint density at radius 1 is 1.50 bits per heavy atom. The van der Waals surface area contributed by atoms with Crippen LogP contribution in [0.3, 0.4) is 0 Å². The first kappa shape index (κ1) is 12.8. The van der Waals surface area contributed by atoms with Crippen molar-refractivity contribution in [1.82, 2.24) is 5.32 Å². The number of hydrogen-bond acceptors (Lipinski definition) is 3. The van der Waals surface area contributed by atoms with Crippen LogP contribution in [-0.4, -0.2) is 24.2 Å². The molecule has 1 heterocycles. The minimum atomic E-state index is -0.310. The first-order chi connectivity index (χ1) is 7.48. The van der Waals surface area contributed by atoms with Crippen molar-refractivity contribution in [3.05, 3.63) is 23.7 Å². The van der Waals surface area contributed by atoms with E-state index in [0.29, 0.717) is 12.3 Å². The maximum Gasteiger partial charge on any atom is 0.287 e. The Hall–Kier alpha value is -1.29. The van der Waals surface area contributed by atoms with E-state index in [1.807, 2.05) is 20.8 Å². The Kier molecular flexibility index (Phi) is 4.12. The molecule has 0 aliphatic carbocycles. The van der Waals surface area contributed by atoms with Crippen molar-refractivity contribution in [3.8, 4) is 0 Å². The number of carbonyl (C=O) groups excluding carboxylic acids is 1. The van der Waals surface area contributed by atoms with Crippen LogP contribution in [-0.2, 0) is 6.42 Å². The maximum absolute atomic E-state index is 11.7. The van der Waals surface area contributed by atoms with E-state index in [0.717, 1.165) is 12.2 Å². The fourth-order valence-corrected chi connectivity index (χ4v) is 1.15. The second-order valence-corrected chi connectivity index (χ2v) is 4.62. The van der Waals surface area contributed by atoms with Crippen LogP contribution < -0.4 is 5.32 Å². The lowest BCUT2D eigenvalue weighted by Crippen LogP contribution is -2.35. The molecule has 0 spiro atoms. The molecule has 4 nitrogen and oxygen atoms in total. The average Bonchev–Trinajstić information content (AvgIpc) is 2.74. The molecule has 1 aromatic heterocycles. The third kappa shape index (κ3) is 3.38. The number of aryl methyl sites for hydroxylation is 1. The molecule has 0 unspecified atom stereocenters. The van der Waals surface area contributed by atoms with Gasteiger partial charge in [0.25, 0.3) is 5.91 Å². The molecule has 0 atom stereocenters. The first-order valence-electron chi connectivity index (χ1n) is 5.46. The Balaban J connectivity index is 2.53. The van der Waals surface area contributed by atoms with Gasteiger partial charge in [0.2, 0.25) is 0 Å². The van der Waals surface area contributed by atoms with Crippen molar-refractivity contribution in [2.45, 2.75) is 27.2 Å². The predicted molar refractivity (Wildman–Crippen MR) is 61.3 cm³/mol. The molecule has 2 N–H and O–H groups in total. The van der Waals surface area contributed by atoms with Crippen LogP contribution >= 0.6 is 0 Å². The molecule has 0 bridgehead atoms. The third-order valence-electron chi connectivity index (χ3n) is 2.39. The van der Waals surface area contributed by atoms with Gasteiger partial charge in [-0.15, -0.1) is 0 Å². The fourth-order valence-electron chi connectivity index (χ4n) is 1.15. The highest BCUT2D eigenvalue weighted by atomic mass is 16.3. The smallest absolute Gasteiger partial charge is 0.287 e. The van der Waals surface area contributed by atoms with Crippen LogP contribution in [0.4, 0.5) is 0 Å². The van der Waals surface area contributed by atoms with Gasteiger partial charge in [-0.25, -0.2) is 0 Å². The summed E-state index contributed by atoms with van der Waals surface area (Å²) in [5.41, 5.74) is -0.310. The molecule has 4 heteroatoms. The zero-order chi connectivity index (χ0) is 12.2. The number of furan rings is 1. The molecule has 1 rings (SSSR count). The minimum Gasteiger partial charge on any atom is -0.456 e. The van der Waals surface area contributed by atoms with Crippen LogP contribution in [0, 0.1) is 5.41 Å². The molecule has 0 aliphatic rings. The fraction of sp³-hybridized carbons (Fsp3) is 0.583. The highest BCUT2D eigenvalue weighted by molar-refractivity contribution is 5.91. The summed E-state index contributed by atoms with van der Waals surface area (Å²) in [6.07, 6.45) is 0.773. The van der Waals surface area contributed by atoms with E-state index in [1.54, 1.807) is 12.1 Å². The SMILES string of the molecule is CCc1ccc(C(=O)NCC(C)(C)CO)o1. The Morgan fingerprint density at radius 3 is 2.69 bits per heavy atom. The lowest BCUT2D eigenvalue weighted by Gasteiger charge is -2.21. The van der Waals surface area contributed by atoms with Crippen molar-refractivity contribution in [3.63, 3.8) is 0 Å². The summed E-state index contributed by atoms with van der Waals surface area (Å²) in [7, 11) is 0. The van der Waals surface area contributed by atoms with E-state index in [4.69, 9.17) is 9.52 Å². The molecule has 0 aromatic carbocycles. The number of nitrogens with one attached hydrogen (secondary N) is 1. The van der Waals surface area contributed by atoms with Crippen molar-refractivity contribution in [2.24, 2.45) is 5.41 Å². The van der Waals surface area contributed by atoms with Gasteiger partial charge in [-0.1, -0.05) is 20.8 Å². The van der Waals surface area contributed by atoms with Crippen LogP contribution in [0.25, 0.3) is 0 Å². The number of carbonyl (C=O) groups is 1. The lowest BCUT2D eigenvalue weighted by molar-refractivity contribution is 0.0882. The number of aliphatic hydroxyl groups excluding tert-OH is 1. The van der Waals surface area contributed by atoms with E-state index >= 15 is 0 Å². The van der Waals surface area contributed by atoms with Gasteiger partial charge >= 0.3 is 0 Å². The van der Waals surface area contributed by atoms with E-state index in [1.165, 1.54) is 0 Å². The van der Waals surface area contributed by atoms with Gasteiger partial charge in [-0.2, -0.15) is 0 Å². The second kappa shape index (κ2) is 5.16. The predicted octanol–water partition coefficient (Wildman–Crippen LogP) is 1.59. The molecule has 1 aromatic rings. The molecule has 0 fully saturated rings. The van der Waals surface area contributed by atoms with Crippen molar-refractivity contribution >= 4 is 5.91 Å². The van der Waals surface area contributed by atoms with Gasteiger partial charge in [-0.05, 0) is 12.1 Å². The monoisotopic (exact) mass is 225 g/mol. The highest BCUT2D eigenvalue weighted by Gasteiger charge is 2.19. The highest BCUT2D eigenvalue weighted by Crippen LogP contribution is 2.13. The summed E-state index contributed by atoms with van der Waals surface area (Å²) < 4.78 is 5.32. The summed E-state index contributed by atoms with van der Waals surface area (Å²) in [6, 6.07) is 3.46. The summed E-state index contributed by atoms with van der Waals surface area (Å²) >= 11 is 0. The molecule has 16 heavy (non-hydrogen) atoms. The lowest BCUT2D eigenvalue weighted by atomic mass is 9.95. The maximum atomic E-state index is 11.7. The van der Waals surface area contributed by atoms with Crippen LogP contribution in [0.5, 0.6) is 0 Å². The number of hydrogen-bond donors (Lipinski definition) is 2. The largest absolute Gasteiger partial charge is 0.456 e. The molecule has 0 radical (unpaired) electrons. The summed E-state index contributed by atoms with van der Waals surface area (Å²) in [4.78, 5) is 11.7. The van der Waals surface area contributed by atoms with Crippen LogP contribution in [0.15, 0.2) is 16.5 Å². The van der Waals surface area contributed by atoms with E-state index in [-0.39, 0.29) is 17.9 Å². The number of aliphatic hydroxyl groups is 1. The standard InChI is InChI=1S/C12H19NO3/c1-4-9-5-6-10(16-9)11(15)13-7-12(2,3)8-14/h5-6,14H,4,7-8H2,1-3H3,(H,13,15). The van der Waals surface area contributed by atoms with E-state index in [2.05, 4.69) is 5.32 Å². The molecule has 90 valence electrons. The Bertz CT molecular complexity index is 355. The molecule has 0 saturated heterocycles. The van der Waals surface area contributed by atoms with Crippen LogP contribution in [0.2, 0.25) is 0 Å². The normalized spacial score (nSPS) is 11.5. The number of amides is 1. The van der Waals surface area contributed by atoms with Crippen molar-refractivity contribution in [1.29, 1.82) is 0 Å². The minimum absolute atomic E-state index is 0.0334. The molecular weight excluding hydrogens is 206 g/mol. The number of rotatable bonds is 5. The first-order valence-corrected chi connectivity index (χ1v) is 5.46. The van der Waals surface area contributed by atoms with Gasteiger partial charge in [0.15, 0.2) is 5.76 Å². The van der Waals surface area contributed by atoms with Gasteiger partial charge in [0.05, 0.1) is 0 Å². The van der Waals surface area contributed by atoms with Crippen molar-refractivity contribution in [2.75, 3.05) is 13.2 Å². The average molecular weight is 225 g/mol.